The zero-order chi connectivity index (χ0) is 15.1. The summed E-state index contributed by atoms with van der Waals surface area (Å²) in [4.78, 5) is 0.257. The molecule has 2 rings (SSSR count). The van der Waals surface area contributed by atoms with Crippen molar-refractivity contribution in [3.05, 3.63) is 21.1 Å². The van der Waals surface area contributed by atoms with E-state index in [9.17, 15) is 8.42 Å². The lowest BCUT2D eigenvalue weighted by atomic mass is 10.0. The van der Waals surface area contributed by atoms with Gasteiger partial charge in [-0.3, -0.25) is 0 Å². The number of piperidine rings is 1. The van der Waals surface area contributed by atoms with Crippen LogP contribution in [-0.2, 0) is 10.0 Å². The molecule has 7 heteroatoms. The van der Waals surface area contributed by atoms with Crippen molar-refractivity contribution in [2.24, 2.45) is 0 Å². The van der Waals surface area contributed by atoms with Gasteiger partial charge in [0, 0.05) is 26.7 Å². The van der Waals surface area contributed by atoms with Crippen molar-refractivity contribution < 1.29 is 8.42 Å². The lowest BCUT2D eigenvalue weighted by Crippen LogP contribution is -2.47. The topological polar surface area (TPSA) is 63.4 Å². The molecule has 112 valence electrons. The molecule has 2 N–H and O–H groups in total. The number of halogens is 2. The van der Waals surface area contributed by atoms with Crippen LogP contribution in [0.4, 0.5) is 5.69 Å². The molecule has 0 aromatic heterocycles. The highest BCUT2D eigenvalue weighted by molar-refractivity contribution is 9.11. The molecule has 20 heavy (non-hydrogen) atoms. The second-order valence-corrected chi connectivity index (χ2v) is 8.77. The first-order chi connectivity index (χ1) is 9.25. The Labute approximate surface area is 137 Å². The second kappa shape index (κ2) is 5.94. The van der Waals surface area contributed by atoms with Crippen LogP contribution in [0.15, 0.2) is 26.0 Å². The summed E-state index contributed by atoms with van der Waals surface area (Å²) in [6, 6.07) is 3.27. The number of sulfonamides is 1. The quantitative estimate of drug-likeness (QED) is 0.734. The monoisotopic (exact) mass is 424 g/mol. The van der Waals surface area contributed by atoms with Gasteiger partial charge >= 0.3 is 0 Å². The van der Waals surface area contributed by atoms with Crippen LogP contribution in [0.25, 0.3) is 0 Å². The summed E-state index contributed by atoms with van der Waals surface area (Å²) < 4.78 is 28.6. The number of hydrogen-bond donors (Lipinski definition) is 1. The first-order valence-electron chi connectivity index (χ1n) is 6.53. The molecule has 1 aromatic carbocycles. The molecule has 0 radical (unpaired) electrons. The van der Waals surface area contributed by atoms with Crippen molar-refractivity contribution in [3.8, 4) is 0 Å². The number of hydrogen-bond acceptors (Lipinski definition) is 3. The highest BCUT2D eigenvalue weighted by Gasteiger charge is 2.37. The Balaban J connectivity index is 2.55. The maximum Gasteiger partial charge on any atom is 0.245 e. The largest absolute Gasteiger partial charge is 0.399 e. The van der Waals surface area contributed by atoms with Crippen molar-refractivity contribution in [2.45, 2.75) is 50.1 Å². The van der Waals surface area contributed by atoms with Crippen molar-refractivity contribution >= 4 is 47.6 Å². The Morgan fingerprint density at radius 3 is 2.05 bits per heavy atom. The summed E-state index contributed by atoms with van der Waals surface area (Å²) in [6.45, 7) is 3.93. The fourth-order valence-electron chi connectivity index (χ4n) is 2.80. The van der Waals surface area contributed by atoms with Crippen molar-refractivity contribution in [3.63, 3.8) is 0 Å². The number of rotatable bonds is 2. The zero-order valence-corrected chi connectivity index (χ0v) is 15.4. The van der Waals surface area contributed by atoms with E-state index >= 15 is 0 Å². The summed E-state index contributed by atoms with van der Waals surface area (Å²) in [5.41, 5.74) is 6.25. The summed E-state index contributed by atoms with van der Waals surface area (Å²) >= 11 is 6.65. The van der Waals surface area contributed by atoms with Gasteiger partial charge < -0.3 is 5.73 Å². The van der Waals surface area contributed by atoms with Crippen LogP contribution in [0.5, 0.6) is 0 Å². The molecule has 1 aromatic rings. The standard InChI is InChI=1S/C13H18Br2N2O2S/c1-8-4-3-5-9(2)17(8)20(18,19)13-11(14)6-10(16)7-12(13)15/h6-9H,3-5,16H2,1-2H3. The van der Waals surface area contributed by atoms with Crippen LogP contribution >= 0.6 is 31.9 Å². The van der Waals surface area contributed by atoms with E-state index in [-0.39, 0.29) is 17.0 Å². The number of benzene rings is 1. The third kappa shape index (κ3) is 2.91. The molecule has 1 aliphatic heterocycles. The average molecular weight is 426 g/mol. The number of nitrogens with zero attached hydrogens (tertiary/aromatic N) is 1. The van der Waals surface area contributed by atoms with Gasteiger partial charge in [-0.1, -0.05) is 6.42 Å². The van der Waals surface area contributed by atoms with Gasteiger partial charge in [-0.15, -0.1) is 0 Å². The third-order valence-electron chi connectivity index (χ3n) is 3.67. The molecular weight excluding hydrogens is 408 g/mol. The fraction of sp³-hybridized carbons (Fsp3) is 0.538. The van der Waals surface area contributed by atoms with Crippen molar-refractivity contribution in [1.82, 2.24) is 4.31 Å². The van der Waals surface area contributed by atoms with Crippen molar-refractivity contribution in [1.29, 1.82) is 0 Å². The van der Waals surface area contributed by atoms with E-state index < -0.39 is 10.0 Å². The molecule has 1 saturated heterocycles. The first kappa shape index (κ1) is 16.3. The lowest BCUT2D eigenvalue weighted by Gasteiger charge is -2.38. The lowest BCUT2D eigenvalue weighted by molar-refractivity contribution is 0.204. The summed E-state index contributed by atoms with van der Waals surface area (Å²) in [5, 5.41) is 0. The molecule has 1 aliphatic rings. The second-order valence-electron chi connectivity index (χ2n) is 5.28. The number of anilines is 1. The predicted octanol–water partition coefficient (Wildman–Crippen LogP) is 3.75. The third-order valence-corrected chi connectivity index (χ3v) is 7.68. The summed E-state index contributed by atoms with van der Waals surface area (Å²) in [7, 11) is -3.55. The molecule has 1 heterocycles. The molecule has 1 fully saturated rings. The summed E-state index contributed by atoms with van der Waals surface area (Å²) in [5.74, 6) is 0. The van der Waals surface area contributed by atoms with Gasteiger partial charge in [-0.25, -0.2) is 8.42 Å². The van der Waals surface area contributed by atoms with Gasteiger partial charge in [-0.2, -0.15) is 4.31 Å². The molecule has 4 nitrogen and oxygen atoms in total. The Kier molecular flexibility index (Phi) is 4.83. The molecule has 2 atom stereocenters. The fourth-order valence-corrected chi connectivity index (χ4v) is 7.23. The Hall–Kier alpha value is -0.110. The van der Waals surface area contributed by atoms with E-state index in [1.54, 1.807) is 16.4 Å². The molecule has 0 amide bonds. The van der Waals surface area contributed by atoms with E-state index in [2.05, 4.69) is 31.9 Å². The van der Waals surface area contributed by atoms with E-state index in [0.29, 0.717) is 14.6 Å². The maximum atomic E-state index is 13.0. The zero-order valence-electron chi connectivity index (χ0n) is 11.4. The first-order valence-corrected chi connectivity index (χ1v) is 9.56. The van der Waals surface area contributed by atoms with E-state index in [4.69, 9.17) is 5.73 Å². The molecule has 0 spiro atoms. The van der Waals surface area contributed by atoms with Crippen LogP contribution in [0, 0.1) is 0 Å². The van der Waals surface area contributed by atoms with Gasteiger partial charge in [0.15, 0.2) is 0 Å². The molecule has 2 unspecified atom stereocenters. The smallest absolute Gasteiger partial charge is 0.245 e. The van der Waals surface area contributed by atoms with Crippen LogP contribution in [0.2, 0.25) is 0 Å². The predicted molar refractivity (Wildman–Crippen MR) is 88.1 cm³/mol. The van der Waals surface area contributed by atoms with Crippen LogP contribution in [0.1, 0.15) is 33.1 Å². The van der Waals surface area contributed by atoms with E-state index in [0.717, 1.165) is 19.3 Å². The minimum Gasteiger partial charge on any atom is -0.399 e. The minimum atomic E-state index is -3.55. The highest BCUT2D eigenvalue weighted by Crippen LogP contribution is 2.37. The van der Waals surface area contributed by atoms with Gasteiger partial charge in [-0.05, 0) is 70.7 Å². The molecular formula is C13H18Br2N2O2S. The van der Waals surface area contributed by atoms with Crippen LogP contribution < -0.4 is 5.73 Å². The molecule has 0 bridgehead atoms. The van der Waals surface area contributed by atoms with Gasteiger partial charge in [0.2, 0.25) is 10.0 Å². The Bertz CT molecular complexity index is 586. The van der Waals surface area contributed by atoms with E-state index in [1.165, 1.54) is 0 Å². The van der Waals surface area contributed by atoms with Crippen LogP contribution in [0.3, 0.4) is 0 Å². The average Bonchev–Trinajstić information content (AvgIpc) is 2.25. The maximum absolute atomic E-state index is 13.0. The minimum absolute atomic E-state index is 0.0140. The van der Waals surface area contributed by atoms with E-state index in [1.807, 2.05) is 13.8 Å². The number of nitrogens with two attached hydrogens (primary N) is 1. The van der Waals surface area contributed by atoms with Gasteiger partial charge in [0.25, 0.3) is 0 Å². The van der Waals surface area contributed by atoms with Crippen molar-refractivity contribution in [2.75, 3.05) is 5.73 Å². The summed E-state index contributed by atoms with van der Waals surface area (Å²) in [6.07, 6.45) is 2.86. The van der Waals surface area contributed by atoms with Gasteiger partial charge in [0.1, 0.15) is 4.90 Å². The normalized spacial score (nSPS) is 24.8. The molecule has 0 aliphatic carbocycles. The Morgan fingerprint density at radius 1 is 1.15 bits per heavy atom. The highest BCUT2D eigenvalue weighted by atomic mass is 79.9. The molecule has 0 saturated carbocycles. The van der Waals surface area contributed by atoms with Crippen LogP contribution in [-0.4, -0.2) is 24.8 Å². The Morgan fingerprint density at radius 2 is 1.60 bits per heavy atom. The SMILES string of the molecule is CC1CCCC(C)N1S(=O)(=O)c1c(Br)cc(N)cc1Br. The van der Waals surface area contributed by atoms with Gasteiger partial charge in [0.05, 0.1) is 0 Å². The number of nitrogen functional groups attached to an aromatic ring is 1.